The van der Waals surface area contributed by atoms with Gasteiger partial charge in [-0.1, -0.05) is 0 Å². The molecule has 4 nitrogen and oxygen atoms in total. The first kappa shape index (κ1) is 8.50. The Hall–Kier alpha value is -0.0951. The minimum absolute atomic E-state index is 0.0343. The lowest BCUT2D eigenvalue weighted by Gasteiger charge is -2.28. The van der Waals surface area contributed by atoms with Crippen molar-refractivity contribution in [1.29, 1.82) is 0 Å². The molecule has 12 heavy (non-hydrogen) atoms. The monoisotopic (exact) mass is 172 g/mol. The number of rotatable bonds is 1. The minimum atomic E-state index is -1.20. The molecule has 5 heteroatoms. The Kier molecular flexibility index (Phi) is 2.36. The van der Waals surface area contributed by atoms with Crippen molar-refractivity contribution in [3.05, 3.63) is 0 Å². The highest BCUT2D eigenvalue weighted by Gasteiger charge is 2.39. The molecule has 0 aromatic rings. The first-order chi connectivity index (χ1) is 5.77. The summed E-state index contributed by atoms with van der Waals surface area (Å²) in [6, 6.07) is 0. The van der Waals surface area contributed by atoms with Crippen molar-refractivity contribution >= 4 is 7.12 Å². The maximum Gasteiger partial charge on any atom is 0.454 e. The summed E-state index contributed by atoms with van der Waals surface area (Å²) in [5, 5.41) is 17.9. The second-order valence-corrected chi connectivity index (χ2v) is 3.51. The molecule has 1 saturated carbocycles. The Morgan fingerprint density at radius 3 is 2.58 bits per heavy atom. The number of hydrogen-bond acceptors (Lipinski definition) is 4. The highest BCUT2D eigenvalue weighted by atomic mass is 16.7. The van der Waals surface area contributed by atoms with E-state index in [0.29, 0.717) is 13.2 Å². The van der Waals surface area contributed by atoms with Gasteiger partial charge >= 0.3 is 7.12 Å². The van der Waals surface area contributed by atoms with E-state index in [1.54, 1.807) is 0 Å². The van der Waals surface area contributed by atoms with Gasteiger partial charge < -0.3 is 19.5 Å². The third kappa shape index (κ3) is 1.50. The van der Waals surface area contributed by atoms with Gasteiger partial charge in [-0.3, -0.25) is 0 Å². The normalized spacial score (nSPS) is 41.0. The largest absolute Gasteiger partial charge is 0.454 e. The summed E-state index contributed by atoms with van der Waals surface area (Å²) < 4.78 is 10.6. The van der Waals surface area contributed by atoms with Crippen LogP contribution in [0, 0.1) is 0 Å². The predicted octanol–water partition coefficient (Wildman–Crippen LogP) is -0.245. The van der Waals surface area contributed by atoms with Crippen molar-refractivity contribution in [2.75, 3.05) is 6.79 Å². The van der Waals surface area contributed by atoms with Gasteiger partial charge in [-0.2, -0.15) is 0 Å². The molecule has 3 atom stereocenters. The third-order valence-electron chi connectivity index (χ3n) is 2.76. The van der Waals surface area contributed by atoms with E-state index >= 15 is 0 Å². The molecule has 0 radical (unpaired) electrons. The van der Waals surface area contributed by atoms with Gasteiger partial charge in [0.15, 0.2) is 0 Å². The third-order valence-corrected chi connectivity index (χ3v) is 2.76. The van der Waals surface area contributed by atoms with E-state index in [1.165, 1.54) is 0 Å². The van der Waals surface area contributed by atoms with Crippen molar-refractivity contribution in [2.24, 2.45) is 0 Å². The Morgan fingerprint density at radius 2 is 1.83 bits per heavy atom. The molecule has 0 bridgehead atoms. The van der Waals surface area contributed by atoms with Crippen LogP contribution in [0.5, 0.6) is 0 Å². The molecule has 2 fully saturated rings. The van der Waals surface area contributed by atoms with Gasteiger partial charge in [0.05, 0.1) is 12.2 Å². The van der Waals surface area contributed by atoms with Crippen LogP contribution < -0.4 is 0 Å². The smallest absolute Gasteiger partial charge is 0.427 e. The zero-order valence-corrected chi connectivity index (χ0v) is 6.85. The van der Waals surface area contributed by atoms with Gasteiger partial charge in [0.1, 0.15) is 6.79 Å². The summed E-state index contributed by atoms with van der Waals surface area (Å²) in [6.07, 6.45) is 2.70. The van der Waals surface area contributed by atoms with Crippen LogP contribution in [0.1, 0.15) is 19.3 Å². The summed E-state index contributed by atoms with van der Waals surface area (Å²) in [4.78, 5) is 0. The summed E-state index contributed by atoms with van der Waals surface area (Å²) in [5.41, 5.74) is 0. The SMILES string of the molecule is OB(O)C1CCC2OCOC2C1. The second kappa shape index (κ2) is 3.34. The molecule has 0 aromatic carbocycles. The molecule has 1 saturated heterocycles. The van der Waals surface area contributed by atoms with Crippen LogP contribution in [-0.2, 0) is 9.47 Å². The average Bonchev–Trinajstić information content (AvgIpc) is 2.49. The lowest BCUT2D eigenvalue weighted by atomic mass is 9.64. The fourth-order valence-corrected chi connectivity index (χ4v) is 1.98. The summed E-state index contributed by atoms with van der Waals surface area (Å²) in [5.74, 6) is -0.0343. The van der Waals surface area contributed by atoms with Crippen LogP contribution in [0.2, 0.25) is 5.82 Å². The topological polar surface area (TPSA) is 58.9 Å². The molecule has 0 aromatic heterocycles. The fourth-order valence-electron chi connectivity index (χ4n) is 1.98. The fraction of sp³-hybridized carbons (Fsp3) is 1.00. The van der Waals surface area contributed by atoms with Crippen molar-refractivity contribution in [1.82, 2.24) is 0 Å². The number of fused-ring (bicyclic) bond motifs is 1. The van der Waals surface area contributed by atoms with Crippen molar-refractivity contribution in [3.8, 4) is 0 Å². The van der Waals surface area contributed by atoms with Crippen LogP contribution in [0.15, 0.2) is 0 Å². The maximum atomic E-state index is 8.96. The standard InChI is InChI=1S/C7H13BO4/c9-8(10)5-1-2-6-7(3-5)12-4-11-6/h5-7,9-10H,1-4H2. The molecule has 0 spiro atoms. The highest BCUT2D eigenvalue weighted by Crippen LogP contribution is 2.35. The van der Waals surface area contributed by atoms with Crippen LogP contribution in [0.3, 0.4) is 0 Å². The molecule has 1 heterocycles. The predicted molar refractivity (Wildman–Crippen MR) is 42.4 cm³/mol. The molecule has 0 amide bonds. The number of hydrogen-bond donors (Lipinski definition) is 2. The molecular weight excluding hydrogens is 159 g/mol. The quantitative estimate of drug-likeness (QED) is 0.535. The Morgan fingerprint density at radius 1 is 1.08 bits per heavy atom. The first-order valence-electron chi connectivity index (χ1n) is 4.36. The average molecular weight is 172 g/mol. The zero-order valence-electron chi connectivity index (χ0n) is 6.85. The number of ether oxygens (including phenoxy) is 2. The van der Waals surface area contributed by atoms with Gasteiger partial charge in [0.25, 0.3) is 0 Å². The Labute approximate surface area is 71.6 Å². The van der Waals surface area contributed by atoms with Crippen LogP contribution in [0.4, 0.5) is 0 Å². The van der Waals surface area contributed by atoms with Crippen LogP contribution >= 0.6 is 0 Å². The first-order valence-corrected chi connectivity index (χ1v) is 4.36. The van der Waals surface area contributed by atoms with E-state index in [9.17, 15) is 0 Å². The molecule has 3 unspecified atom stereocenters. The summed E-state index contributed by atoms with van der Waals surface area (Å²) >= 11 is 0. The van der Waals surface area contributed by atoms with E-state index < -0.39 is 7.12 Å². The van der Waals surface area contributed by atoms with Gasteiger partial charge in [-0.15, -0.1) is 0 Å². The van der Waals surface area contributed by atoms with E-state index in [0.717, 1.165) is 12.8 Å². The van der Waals surface area contributed by atoms with Crippen molar-refractivity contribution < 1.29 is 19.5 Å². The lowest BCUT2D eigenvalue weighted by molar-refractivity contribution is 0.0394. The molecule has 2 aliphatic rings. The van der Waals surface area contributed by atoms with Gasteiger partial charge in [-0.05, 0) is 25.1 Å². The van der Waals surface area contributed by atoms with E-state index in [4.69, 9.17) is 19.5 Å². The van der Waals surface area contributed by atoms with E-state index in [1.807, 2.05) is 0 Å². The van der Waals surface area contributed by atoms with Crippen LogP contribution in [-0.4, -0.2) is 36.2 Å². The van der Waals surface area contributed by atoms with Gasteiger partial charge in [-0.25, -0.2) is 0 Å². The molecule has 1 aliphatic heterocycles. The van der Waals surface area contributed by atoms with E-state index in [-0.39, 0.29) is 18.0 Å². The molecule has 68 valence electrons. The minimum Gasteiger partial charge on any atom is -0.427 e. The molecule has 1 aliphatic carbocycles. The van der Waals surface area contributed by atoms with Crippen LogP contribution in [0.25, 0.3) is 0 Å². The maximum absolute atomic E-state index is 8.96. The Bertz CT molecular complexity index is 163. The molecule has 2 rings (SSSR count). The highest BCUT2D eigenvalue weighted by molar-refractivity contribution is 6.43. The zero-order chi connectivity index (χ0) is 8.55. The van der Waals surface area contributed by atoms with Crippen molar-refractivity contribution in [3.63, 3.8) is 0 Å². The molecular formula is C7H13BO4. The van der Waals surface area contributed by atoms with E-state index in [2.05, 4.69) is 0 Å². The van der Waals surface area contributed by atoms with Gasteiger partial charge in [0, 0.05) is 0 Å². The van der Waals surface area contributed by atoms with Crippen molar-refractivity contribution in [2.45, 2.75) is 37.3 Å². The molecule has 2 N–H and O–H groups in total. The Balaban J connectivity index is 1.92. The summed E-state index contributed by atoms with van der Waals surface area (Å²) in [6.45, 7) is 0.365. The van der Waals surface area contributed by atoms with Gasteiger partial charge in [0.2, 0.25) is 0 Å². The lowest BCUT2D eigenvalue weighted by Crippen LogP contribution is -2.35. The second-order valence-electron chi connectivity index (χ2n) is 3.51. The summed E-state index contributed by atoms with van der Waals surface area (Å²) in [7, 11) is -1.20.